The Hall–Kier alpha value is -2.78. The lowest BCUT2D eigenvalue weighted by Gasteiger charge is -2.05. The Morgan fingerprint density at radius 3 is 2.62 bits per heavy atom. The summed E-state index contributed by atoms with van der Waals surface area (Å²) >= 11 is 2.44. The highest BCUT2D eigenvalue weighted by atomic mass is 32.2. The van der Waals surface area contributed by atoms with Crippen molar-refractivity contribution in [3.8, 4) is 11.3 Å². The first-order valence-electron chi connectivity index (χ1n) is 8.46. The predicted octanol–water partition coefficient (Wildman–Crippen LogP) is 4.67. The van der Waals surface area contributed by atoms with Gasteiger partial charge in [-0.3, -0.25) is 14.9 Å². The summed E-state index contributed by atoms with van der Waals surface area (Å²) in [6.07, 6.45) is 0. The minimum Gasteiger partial charge on any atom is -0.455 e. The van der Waals surface area contributed by atoms with Crippen LogP contribution in [0.5, 0.6) is 0 Å². The first kappa shape index (κ1) is 20.9. The van der Waals surface area contributed by atoms with Gasteiger partial charge < -0.3 is 4.74 Å². The molecule has 1 N–H and O–H groups in total. The first-order valence-corrected chi connectivity index (χ1v) is 10.3. The Morgan fingerprint density at radius 2 is 1.90 bits per heavy atom. The number of thiazole rings is 1. The van der Waals surface area contributed by atoms with Gasteiger partial charge in [-0.15, -0.1) is 23.1 Å². The molecule has 0 fully saturated rings. The smallest absolute Gasteiger partial charge is 0.316 e. The molecule has 1 amide bonds. The zero-order valence-corrected chi connectivity index (χ0v) is 16.9. The number of hydrogen-bond acceptors (Lipinski definition) is 6. The lowest BCUT2D eigenvalue weighted by atomic mass is 10.2. The zero-order valence-electron chi connectivity index (χ0n) is 15.3. The summed E-state index contributed by atoms with van der Waals surface area (Å²) in [5, 5.41) is 4.38. The van der Waals surface area contributed by atoms with Crippen LogP contribution in [0, 0.1) is 18.6 Å². The van der Waals surface area contributed by atoms with Gasteiger partial charge in [0.1, 0.15) is 0 Å². The average Bonchev–Trinajstić information content (AvgIpc) is 3.16. The minimum atomic E-state index is -0.975. The molecule has 1 aromatic heterocycles. The Kier molecular flexibility index (Phi) is 6.95. The third-order valence-electron chi connectivity index (χ3n) is 3.71. The number of aryl methyl sites for hydroxylation is 1. The fraction of sp³-hybridized carbons (Fsp3) is 0.150. The number of nitrogens with one attached hydrogen (secondary N) is 1. The van der Waals surface area contributed by atoms with Crippen molar-refractivity contribution in [3.63, 3.8) is 0 Å². The van der Waals surface area contributed by atoms with E-state index in [2.05, 4.69) is 10.3 Å². The van der Waals surface area contributed by atoms with E-state index in [-0.39, 0.29) is 10.9 Å². The van der Waals surface area contributed by atoms with E-state index < -0.39 is 30.1 Å². The van der Waals surface area contributed by atoms with Gasteiger partial charge in [-0.05, 0) is 37.3 Å². The highest BCUT2D eigenvalue weighted by Gasteiger charge is 2.12. The largest absolute Gasteiger partial charge is 0.455 e. The molecule has 1 heterocycles. The van der Waals surface area contributed by atoms with Crippen molar-refractivity contribution in [1.82, 2.24) is 4.98 Å². The van der Waals surface area contributed by atoms with Crippen LogP contribution in [0.15, 0.2) is 52.7 Å². The molecule has 2 aromatic carbocycles. The fourth-order valence-electron chi connectivity index (χ4n) is 2.24. The second-order valence-corrected chi connectivity index (χ2v) is 7.88. The molecule has 29 heavy (non-hydrogen) atoms. The Labute approximate surface area is 174 Å². The number of aromatic nitrogens is 1. The molecule has 0 saturated heterocycles. The van der Waals surface area contributed by atoms with E-state index in [4.69, 9.17) is 4.74 Å². The van der Waals surface area contributed by atoms with Crippen molar-refractivity contribution in [2.24, 2.45) is 0 Å². The second kappa shape index (κ2) is 9.62. The van der Waals surface area contributed by atoms with Crippen molar-refractivity contribution in [2.75, 3.05) is 17.7 Å². The number of hydrogen-bond donors (Lipinski definition) is 1. The summed E-state index contributed by atoms with van der Waals surface area (Å²) in [6, 6.07) is 11.2. The number of thioether (sulfide) groups is 1. The van der Waals surface area contributed by atoms with Crippen molar-refractivity contribution in [1.29, 1.82) is 0 Å². The van der Waals surface area contributed by atoms with Gasteiger partial charge in [0, 0.05) is 15.8 Å². The third-order valence-corrected chi connectivity index (χ3v) is 5.45. The van der Waals surface area contributed by atoms with Crippen molar-refractivity contribution >= 4 is 40.1 Å². The molecule has 5 nitrogen and oxygen atoms in total. The lowest BCUT2D eigenvalue weighted by Crippen LogP contribution is -2.21. The molecule has 0 aliphatic rings. The summed E-state index contributed by atoms with van der Waals surface area (Å²) in [5.41, 5.74) is 1.92. The van der Waals surface area contributed by atoms with Gasteiger partial charge in [0.25, 0.3) is 5.91 Å². The number of rotatable bonds is 7. The average molecular weight is 434 g/mol. The highest BCUT2D eigenvalue weighted by Crippen LogP contribution is 2.26. The summed E-state index contributed by atoms with van der Waals surface area (Å²) in [5.74, 6) is -2.87. The maximum Gasteiger partial charge on any atom is 0.316 e. The van der Waals surface area contributed by atoms with E-state index in [0.717, 1.165) is 33.9 Å². The molecule has 0 unspecified atom stereocenters. The van der Waals surface area contributed by atoms with Crippen LogP contribution in [0.4, 0.5) is 13.9 Å². The molecule has 0 saturated carbocycles. The number of amides is 1. The molecular formula is C20H16F2N2O3S2. The van der Waals surface area contributed by atoms with Crippen LogP contribution < -0.4 is 5.32 Å². The van der Waals surface area contributed by atoms with Gasteiger partial charge in [-0.1, -0.05) is 17.7 Å². The van der Waals surface area contributed by atoms with Crippen LogP contribution in [0.1, 0.15) is 5.56 Å². The Bertz CT molecular complexity index is 1020. The molecule has 9 heteroatoms. The fourth-order valence-corrected chi connectivity index (χ4v) is 3.67. The number of carbonyl (C=O) groups excluding carboxylic acids is 2. The number of anilines is 1. The molecular weight excluding hydrogens is 418 g/mol. The molecule has 0 aliphatic carbocycles. The normalized spacial score (nSPS) is 10.6. The highest BCUT2D eigenvalue weighted by molar-refractivity contribution is 8.00. The topological polar surface area (TPSA) is 68.3 Å². The van der Waals surface area contributed by atoms with Crippen LogP contribution >= 0.6 is 23.1 Å². The monoisotopic (exact) mass is 434 g/mol. The van der Waals surface area contributed by atoms with E-state index in [1.165, 1.54) is 17.8 Å². The molecule has 150 valence electrons. The van der Waals surface area contributed by atoms with Gasteiger partial charge in [0.2, 0.25) is 0 Å². The van der Waals surface area contributed by atoms with Crippen LogP contribution in [-0.2, 0) is 14.3 Å². The molecule has 0 spiro atoms. The number of ether oxygens (including phenoxy) is 1. The molecule has 3 aromatic rings. The van der Waals surface area contributed by atoms with Gasteiger partial charge in [0.15, 0.2) is 23.4 Å². The van der Waals surface area contributed by atoms with Crippen LogP contribution in [0.25, 0.3) is 11.3 Å². The SMILES string of the molecule is Cc1ccc(SCC(=O)OCC(=O)Nc2nc(-c3ccc(F)c(F)c3)cs2)cc1. The molecule has 3 rings (SSSR count). The first-order chi connectivity index (χ1) is 13.9. The summed E-state index contributed by atoms with van der Waals surface area (Å²) in [7, 11) is 0. The third kappa shape index (κ3) is 6.10. The van der Waals surface area contributed by atoms with Gasteiger partial charge >= 0.3 is 5.97 Å². The molecule has 0 aliphatic heterocycles. The number of nitrogens with zero attached hydrogens (tertiary/aromatic N) is 1. The Morgan fingerprint density at radius 1 is 1.14 bits per heavy atom. The zero-order chi connectivity index (χ0) is 20.8. The quantitative estimate of drug-likeness (QED) is 0.432. The van der Waals surface area contributed by atoms with Gasteiger partial charge in [0.05, 0.1) is 11.4 Å². The number of halogens is 2. The number of carbonyl (C=O) groups is 2. The number of esters is 1. The van der Waals surface area contributed by atoms with E-state index in [0.29, 0.717) is 11.3 Å². The maximum absolute atomic E-state index is 13.3. The van der Waals surface area contributed by atoms with E-state index in [1.807, 2.05) is 31.2 Å². The van der Waals surface area contributed by atoms with Gasteiger partial charge in [-0.2, -0.15) is 0 Å². The second-order valence-electron chi connectivity index (χ2n) is 5.98. The minimum absolute atomic E-state index is 0.0911. The van der Waals surface area contributed by atoms with Crippen LogP contribution in [-0.4, -0.2) is 29.2 Å². The molecule has 0 radical (unpaired) electrons. The maximum atomic E-state index is 13.3. The lowest BCUT2D eigenvalue weighted by molar-refractivity contribution is -0.144. The predicted molar refractivity (Wildman–Crippen MR) is 109 cm³/mol. The van der Waals surface area contributed by atoms with E-state index in [1.54, 1.807) is 5.38 Å². The Balaban J connectivity index is 1.45. The molecule has 0 atom stereocenters. The van der Waals surface area contributed by atoms with Gasteiger partial charge in [-0.25, -0.2) is 13.8 Å². The number of benzene rings is 2. The summed E-state index contributed by atoms with van der Waals surface area (Å²) in [4.78, 5) is 28.8. The summed E-state index contributed by atoms with van der Waals surface area (Å²) in [6.45, 7) is 1.54. The van der Waals surface area contributed by atoms with Crippen molar-refractivity contribution in [3.05, 3.63) is 65.0 Å². The molecule has 0 bridgehead atoms. The van der Waals surface area contributed by atoms with Crippen molar-refractivity contribution < 1.29 is 23.1 Å². The van der Waals surface area contributed by atoms with E-state index in [9.17, 15) is 18.4 Å². The van der Waals surface area contributed by atoms with Crippen molar-refractivity contribution in [2.45, 2.75) is 11.8 Å². The standard InChI is InChI=1S/C20H16F2N2O3S2/c1-12-2-5-14(6-3-12)28-11-19(26)27-9-18(25)24-20-23-17(10-29-20)13-4-7-15(21)16(22)8-13/h2-8,10H,9,11H2,1H3,(H,23,24,25). The van der Waals surface area contributed by atoms with Crippen LogP contribution in [0.3, 0.4) is 0 Å². The van der Waals surface area contributed by atoms with Crippen LogP contribution in [0.2, 0.25) is 0 Å². The summed E-state index contributed by atoms with van der Waals surface area (Å²) < 4.78 is 31.3. The van der Waals surface area contributed by atoms with E-state index >= 15 is 0 Å².